The molecule has 0 amide bonds. The Hall–Kier alpha value is -1.24. The van der Waals surface area contributed by atoms with E-state index < -0.39 is 0 Å². The molecule has 16 heavy (non-hydrogen) atoms. The van der Waals surface area contributed by atoms with Gasteiger partial charge in [0.1, 0.15) is 0 Å². The summed E-state index contributed by atoms with van der Waals surface area (Å²) in [6.45, 7) is 1.99. The van der Waals surface area contributed by atoms with Crippen LogP contribution >= 0.6 is 11.6 Å². The zero-order valence-electron chi connectivity index (χ0n) is 9.20. The molecule has 0 aliphatic carbocycles. The van der Waals surface area contributed by atoms with Gasteiger partial charge in [-0.05, 0) is 31.7 Å². The number of nitrogens with zero attached hydrogens (tertiary/aromatic N) is 2. The minimum Gasteiger partial charge on any atom is -0.369 e. The van der Waals surface area contributed by atoms with E-state index in [1.54, 1.807) is 6.07 Å². The van der Waals surface area contributed by atoms with Gasteiger partial charge in [0, 0.05) is 19.1 Å². The summed E-state index contributed by atoms with van der Waals surface area (Å²) in [4.78, 5) is 2.25. The average molecular weight is 236 g/mol. The van der Waals surface area contributed by atoms with Crippen LogP contribution in [-0.2, 0) is 0 Å². The van der Waals surface area contributed by atoms with E-state index in [1.807, 2.05) is 19.2 Å². The van der Waals surface area contributed by atoms with E-state index in [1.165, 1.54) is 0 Å². The molecule has 1 aromatic carbocycles. The molecule has 1 aliphatic rings. The molecule has 0 bridgehead atoms. The maximum Gasteiger partial charge on any atom is 0.0992 e. The van der Waals surface area contributed by atoms with Crippen molar-refractivity contribution >= 4 is 17.3 Å². The van der Waals surface area contributed by atoms with Crippen LogP contribution in [0.4, 0.5) is 5.69 Å². The lowest BCUT2D eigenvalue weighted by Crippen LogP contribution is -2.29. The van der Waals surface area contributed by atoms with Crippen LogP contribution in [0.1, 0.15) is 12.0 Å². The second-order valence-corrected chi connectivity index (χ2v) is 4.41. The highest BCUT2D eigenvalue weighted by molar-refractivity contribution is 6.33. The van der Waals surface area contributed by atoms with Gasteiger partial charge in [-0.2, -0.15) is 5.26 Å². The minimum atomic E-state index is 0.534. The molecular weight excluding hydrogens is 222 g/mol. The first-order valence-corrected chi connectivity index (χ1v) is 5.74. The van der Waals surface area contributed by atoms with E-state index >= 15 is 0 Å². The van der Waals surface area contributed by atoms with Crippen LogP contribution in [0.3, 0.4) is 0 Å². The van der Waals surface area contributed by atoms with Crippen LogP contribution in [0.5, 0.6) is 0 Å². The van der Waals surface area contributed by atoms with E-state index in [0.29, 0.717) is 16.6 Å². The lowest BCUT2D eigenvalue weighted by molar-refractivity contribution is 0.617. The van der Waals surface area contributed by atoms with Crippen molar-refractivity contribution in [2.75, 3.05) is 25.0 Å². The fraction of sp³-hybridized carbons (Fsp3) is 0.417. The fourth-order valence-electron chi connectivity index (χ4n) is 2.05. The van der Waals surface area contributed by atoms with Gasteiger partial charge in [0.25, 0.3) is 0 Å². The van der Waals surface area contributed by atoms with Crippen LogP contribution < -0.4 is 10.2 Å². The van der Waals surface area contributed by atoms with Crippen molar-refractivity contribution in [3.05, 3.63) is 28.8 Å². The van der Waals surface area contributed by atoms with Crippen LogP contribution in [0.2, 0.25) is 5.02 Å². The lowest BCUT2D eigenvalue weighted by atomic mass is 10.2. The number of likely N-dealkylation sites (N-methyl/N-ethyl adjacent to an activating group) is 1. The van der Waals surface area contributed by atoms with Gasteiger partial charge >= 0.3 is 0 Å². The second kappa shape index (κ2) is 4.73. The normalized spacial score (nSPS) is 19.8. The lowest BCUT2D eigenvalue weighted by Gasteiger charge is -2.20. The van der Waals surface area contributed by atoms with Crippen LogP contribution in [0.15, 0.2) is 18.2 Å². The highest BCUT2D eigenvalue weighted by atomic mass is 35.5. The van der Waals surface area contributed by atoms with Crippen LogP contribution in [0, 0.1) is 11.3 Å². The molecule has 0 spiro atoms. The predicted molar refractivity (Wildman–Crippen MR) is 65.8 cm³/mol. The first kappa shape index (κ1) is 11.3. The SMILES string of the molecule is CNC1CCN(c2ccc(C#N)cc2Cl)C1. The summed E-state index contributed by atoms with van der Waals surface area (Å²) in [6, 6.07) is 8.09. The molecule has 1 heterocycles. The van der Waals surface area contributed by atoms with Crippen molar-refractivity contribution in [1.82, 2.24) is 5.32 Å². The van der Waals surface area contributed by atoms with Crippen molar-refractivity contribution in [1.29, 1.82) is 5.26 Å². The zero-order chi connectivity index (χ0) is 11.5. The number of hydrogen-bond acceptors (Lipinski definition) is 3. The van der Waals surface area contributed by atoms with E-state index in [9.17, 15) is 0 Å². The maximum atomic E-state index is 8.77. The smallest absolute Gasteiger partial charge is 0.0992 e. The Kier molecular flexibility index (Phi) is 3.33. The highest BCUT2D eigenvalue weighted by Crippen LogP contribution is 2.29. The number of nitriles is 1. The van der Waals surface area contributed by atoms with Crippen molar-refractivity contribution < 1.29 is 0 Å². The molecular formula is C12H14ClN3. The van der Waals surface area contributed by atoms with Gasteiger partial charge < -0.3 is 10.2 Å². The summed E-state index contributed by atoms with van der Waals surface area (Å²) in [7, 11) is 1.98. The molecule has 2 rings (SSSR count). The Balaban J connectivity index is 2.19. The van der Waals surface area contributed by atoms with Crippen molar-refractivity contribution in [3.8, 4) is 6.07 Å². The Labute approximate surface area is 101 Å². The molecule has 1 fully saturated rings. The van der Waals surface area contributed by atoms with Gasteiger partial charge in [0.2, 0.25) is 0 Å². The molecule has 0 aromatic heterocycles. The summed E-state index contributed by atoms with van der Waals surface area (Å²) >= 11 is 6.17. The van der Waals surface area contributed by atoms with Gasteiger partial charge in [-0.1, -0.05) is 11.6 Å². The van der Waals surface area contributed by atoms with Gasteiger partial charge in [0.15, 0.2) is 0 Å². The minimum absolute atomic E-state index is 0.534. The number of rotatable bonds is 2. The summed E-state index contributed by atoms with van der Waals surface area (Å²) in [6.07, 6.45) is 1.13. The maximum absolute atomic E-state index is 8.77. The van der Waals surface area contributed by atoms with Crippen LogP contribution in [-0.4, -0.2) is 26.2 Å². The van der Waals surface area contributed by atoms with Crippen LogP contribution in [0.25, 0.3) is 0 Å². The highest BCUT2D eigenvalue weighted by Gasteiger charge is 2.22. The molecule has 1 atom stereocenters. The van der Waals surface area contributed by atoms with E-state index in [0.717, 1.165) is 25.2 Å². The summed E-state index contributed by atoms with van der Waals surface area (Å²) in [5.74, 6) is 0. The predicted octanol–water partition coefficient (Wildman–Crippen LogP) is 2.01. The summed E-state index contributed by atoms with van der Waals surface area (Å²) in [5.41, 5.74) is 1.64. The summed E-state index contributed by atoms with van der Waals surface area (Å²) < 4.78 is 0. The Morgan fingerprint density at radius 2 is 2.38 bits per heavy atom. The molecule has 1 unspecified atom stereocenters. The first-order valence-electron chi connectivity index (χ1n) is 5.36. The summed E-state index contributed by atoms with van der Waals surface area (Å²) in [5, 5.41) is 12.7. The van der Waals surface area contributed by atoms with Gasteiger partial charge in [-0.3, -0.25) is 0 Å². The Bertz CT molecular complexity index is 425. The number of anilines is 1. The molecule has 0 radical (unpaired) electrons. The fourth-order valence-corrected chi connectivity index (χ4v) is 2.35. The largest absolute Gasteiger partial charge is 0.369 e. The third kappa shape index (κ3) is 2.13. The number of nitrogens with one attached hydrogen (secondary N) is 1. The van der Waals surface area contributed by atoms with Gasteiger partial charge in [0.05, 0.1) is 22.3 Å². The monoisotopic (exact) mass is 235 g/mol. The quantitative estimate of drug-likeness (QED) is 0.853. The molecule has 3 nitrogen and oxygen atoms in total. The topological polar surface area (TPSA) is 39.1 Å². The Morgan fingerprint density at radius 1 is 1.56 bits per heavy atom. The van der Waals surface area contributed by atoms with Gasteiger partial charge in [-0.15, -0.1) is 0 Å². The number of benzene rings is 1. The first-order chi connectivity index (χ1) is 7.74. The van der Waals surface area contributed by atoms with Crippen molar-refractivity contribution in [2.24, 2.45) is 0 Å². The number of hydrogen-bond donors (Lipinski definition) is 1. The van der Waals surface area contributed by atoms with E-state index in [4.69, 9.17) is 16.9 Å². The molecule has 1 aliphatic heterocycles. The molecule has 1 saturated heterocycles. The average Bonchev–Trinajstić information content (AvgIpc) is 2.77. The molecule has 1 N–H and O–H groups in total. The molecule has 4 heteroatoms. The molecule has 84 valence electrons. The second-order valence-electron chi connectivity index (χ2n) is 4.00. The van der Waals surface area contributed by atoms with Crippen molar-refractivity contribution in [3.63, 3.8) is 0 Å². The molecule has 0 saturated carbocycles. The molecule has 1 aromatic rings. The Morgan fingerprint density at radius 3 is 2.94 bits per heavy atom. The van der Waals surface area contributed by atoms with E-state index in [2.05, 4.69) is 16.3 Å². The third-order valence-electron chi connectivity index (χ3n) is 3.01. The van der Waals surface area contributed by atoms with Crippen molar-refractivity contribution in [2.45, 2.75) is 12.5 Å². The van der Waals surface area contributed by atoms with E-state index in [-0.39, 0.29) is 0 Å². The number of halogens is 1. The zero-order valence-corrected chi connectivity index (χ0v) is 9.96. The standard InChI is InChI=1S/C12H14ClN3/c1-15-10-4-5-16(8-10)12-3-2-9(7-14)6-11(12)13/h2-3,6,10,15H,4-5,8H2,1H3. The van der Waals surface area contributed by atoms with Gasteiger partial charge in [-0.25, -0.2) is 0 Å². The third-order valence-corrected chi connectivity index (χ3v) is 3.32.